The van der Waals surface area contributed by atoms with Crippen molar-refractivity contribution in [3.63, 3.8) is 0 Å². The maximum atomic E-state index is 9.68. The third-order valence-corrected chi connectivity index (χ3v) is 3.27. The Morgan fingerprint density at radius 2 is 1.84 bits per heavy atom. The number of hydrogen-bond acceptors (Lipinski definition) is 4. The molecule has 1 N–H and O–H groups in total. The van der Waals surface area contributed by atoms with Crippen LogP contribution in [0.2, 0.25) is 0 Å². The molecule has 1 saturated heterocycles. The summed E-state index contributed by atoms with van der Waals surface area (Å²) in [4.78, 5) is 6.67. The van der Waals surface area contributed by atoms with Gasteiger partial charge in [-0.25, -0.2) is 4.98 Å². The summed E-state index contributed by atoms with van der Waals surface area (Å²) in [6.07, 6.45) is 1.29. The number of aromatic nitrogens is 1. The van der Waals surface area contributed by atoms with Crippen LogP contribution in [0.15, 0.2) is 18.3 Å². The highest BCUT2D eigenvalue weighted by molar-refractivity contribution is 5.43. The van der Waals surface area contributed by atoms with E-state index in [0.717, 1.165) is 24.5 Å². The van der Waals surface area contributed by atoms with Gasteiger partial charge in [0.2, 0.25) is 0 Å². The average Bonchev–Trinajstić information content (AvgIpc) is 2.25. The highest BCUT2D eigenvalue weighted by Gasteiger charge is 2.38. The zero-order valence-electron chi connectivity index (χ0n) is 12.5. The van der Waals surface area contributed by atoms with Crippen LogP contribution in [-0.2, 0) is 4.74 Å². The van der Waals surface area contributed by atoms with Crippen molar-refractivity contribution in [1.82, 2.24) is 4.98 Å². The molecular weight excluding hydrogens is 240 g/mol. The molecule has 4 heteroatoms. The van der Waals surface area contributed by atoms with Gasteiger partial charge in [-0.2, -0.15) is 0 Å². The fourth-order valence-corrected chi connectivity index (χ4v) is 2.82. The summed E-state index contributed by atoms with van der Waals surface area (Å²) in [5.41, 5.74) is 0.487. The second-order valence-corrected chi connectivity index (χ2v) is 6.60. The van der Waals surface area contributed by atoms with Gasteiger partial charge in [0.1, 0.15) is 5.82 Å². The van der Waals surface area contributed by atoms with E-state index in [-0.39, 0.29) is 11.2 Å². The monoisotopic (exact) mass is 264 g/mol. The Kier molecular flexibility index (Phi) is 3.58. The number of nitrogens with zero attached hydrogens (tertiary/aromatic N) is 2. The van der Waals surface area contributed by atoms with E-state index in [4.69, 9.17) is 4.74 Å². The van der Waals surface area contributed by atoms with Crippen LogP contribution in [0.3, 0.4) is 0 Å². The molecule has 0 aliphatic carbocycles. The molecule has 0 amide bonds. The van der Waals surface area contributed by atoms with Crippen molar-refractivity contribution >= 4 is 5.82 Å². The molecule has 1 unspecified atom stereocenters. The molecule has 106 valence electrons. The minimum atomic E-state index is -0.469. The third kappa shape index (κ3) is 3.45. The number of ether oxygens (including phenoxy) is 1. The second-order valence-electron chi connectivity index (χ2n) is 6.60. The highest BCUT2D eigenvalue weighted by atomic mass is 16.5. The summed E-state index contributed by atoms with van der Waals surface area (Å²) in [5, 5.41) is 9.68. The first kappa shape index (κ1) is 14.3. The second kappa shape index (κ2) is 4.76. The Morgan fingerprint density at radius 1 is 1.26 bits per heavy atom. The molecule has 0 saturated carbocycles. The molecule has 1 aromatic heterocycles. The first-order valence-corrected chi connectivity index (χ1v) is 6.78. The van der Waals surface area contributed by atoms with E-state index in [1.54, 1.807) is 13.1 Å². The number of morpholine rings is 1. The molecule has 2 rings (SSSR count). The molecule has 1 fully saturated rings. The SMILES string of the molecule is CC(O)c1ccnc(N2CC(C)(C)OC(C)(C)C2)c1. The largest absolute Gasteiger partial charge is 0.389 e. The Morgan fingerprint density at radius 3 is 2.37 bits per heavy atom. The van der Waals surface area contributed by atoms with Gasteiger partial charge < -0.3 is 14.7 Å². The zero-order valence-corrected chi connectivity index (χ0v) is 12.5. The van der Waals surface area contributed by atoms with Crippen molar-refractivity contribution in [2.24, 2.45) is 0 Å². The predicted molar refractivity (Wildman–Crippen MR) is 76.3 cm³/mol. The van der Waals surface area contributed by atoms with Gasteiger partial charge >= 0.3 is 0 Å². The van der Waals surface area contributed by atoms with Crippen LogP contribution in [0.5, 0.6) is 0 Å². The lowest BCUT2D eigenvalue weighted by atomic mass is 9.99. The summed E-state index contributed by atoms with van der Waals surface area (Å²) in [5.74, 6) is 0.905. The van der Waals surface area contributed by atoms with E-state index < -0.39 is 6.10 Å². The van der Waals surface area contributed by atoms with Crippen molar-refractivity contribution < 1.29 is 9.84 Å². The summed E-state index contributed by atoms with van der Waals surface area (Å²) in [7, 11) is 0. The molecule has 19 heavy (non-hydrogen) atoms. The lowest BCUT2D eigenvalue weighted by molar-refractivity contribution is -0.133. The van der Waals surface area contributed by atoms with Gasteiger partial charge in [0.25, 0.3) is 0 Å². The minimum Gasteiger partial charge on any atom is -0.389 e. The lowest BCUT2D eigenvalue weighted by Gasteiger charge is -2.47. The Hall–Kier alpha value is -1.13. The fourth-order valence-electron chi connectivity index (χ4n) is 2.82. The Bertz CT molecular complexity index is 439. The molecule has 0 spiro atoms. The molecule has 0 aromatic carbocycles. The molecule has 1 aliphatic heterocycles. The van der Waals surface area contributed by atoms with Crippen molar-refractivity contribution in [2.75, 3.05) is 18.0 Å². The van der Waals surface area contributed by atoms with Gasteiger partial charge in [-0.3, -0.25) is 0 Å². The van der Waals surface area contributed by atoms with Crippen LogP contribution in [0, 0.1) is 0 Å². The lowest BCUT2D eigenvalue weighted by Crippen LogP contribution is -2.57. The van der Waals surface area contributed by atoms with Crippen LogP contribution in [0.25, 0.3) is 0 Å². The zero-order chi connectivity index (χ0) is 14.3. The van der Waals surface area contributed by atoms with Gasteiger partial charge in [-0.1, -0.05) is 0 Å². The van der Waals surface area contributed by atoms with Crippen LogP contribution >= 0.6 is 0 Å². The quantitative estimate of drug-likeness (QED) is 0.891. The van der Waals surface area contributed by atoms with Gasteiger partial charge in [-0.05, 0) is 52.3 Å². The third-order valence-electron chi connectivity index (χ3n) is 3.27. The van der Waals surface area contributed by atoms with Crippen LogP contribution in [0.4, 0.5) is 5.82 Å². The molecule has 2 heterocycles. The Balaban J connectivity index is 2.28. The van der Waals surface area contributed by atoms with Crippen molar-refractivity contribution in [2.45, 2.75) is 51.9 Å². The first-order valence-electron chi connectivity index (χ1n) is 6.78. The number of aliphatic hydroxyl groups excluding tert-OH is 1. The maximum Gasteiger partial charge on any atom is 0.129 e. The summed E-state index contributed by atoms with van der Waals surface area (Å²) < 4.78 is 6.07. The van der Waals surface area contributed by atoms with Crippen molar-refractivity contribution in [1.29, 1.82) is 0 Å². The standard InChI is InChI=1S/C15H24N2O2/c1-11(18)12-6-7-16-13(8-12)17-9-14(2,3)19-15(4,5)10-17/h6-8,11,18H,9-10H2,1-5H3. The molecule has 1 aliphatic rings. The van der Waals surface area contributed by atoms with Gasteiger partial charge in [0.05, 0.1) is 17.3 Å². The summed E-state index contributed by atoms with van der Waals surface area (Å²) >= 11 is 0. The number of anilines is 1. The smallest absolute Gasteiger partial charge is 0.129 e. The summed E-state index contributed by atoms with van der Waals surface area (Å²) in [6.45, 7) is 11.8. The summed E-state index contributed by atoms with van der Waals surface area (Å²) in [6, 6.07) is 3.81. The number of pyridine rings is 1. The van der Waals surface area contributed by atoms with E-state index in [1.165, 1.54) is 0 Å². The van der Waals surface area contributed by atoms with Crippen molar-refractivity contribution in [3.8, 4) is 0 Å². The predicted octanol–water partition coefficient (Wildman–Crippen LogP) is 2.53. The topological polar surface area (TPSA) is 45.6 Å². The van der Waals surface area contributed by atoms with Crippen molar-refractivity contribution in [3.05, 3.63) is 23.9 Å². The highest BCUT2D eigenvalue weighted by Crippen LogP contribution is 2.31. The Labute approximate surface area is 115 Å². The average molecular weight is 264 g/mol. The molecule has 1 aromatic rings. The molecule has 0 radical (unpaired) electrons. The molecular formula is C15H24N2O2. The van der Waals surface area contributed by atoms with Gasteiger partial charge in [-0.15, -0.1) is 0 Å². The number of aliphatic hydroxyl groups is 1. The number of rotatable bonds is 2. The first-order chi connectivity index (χ1) is 8.69. The van der Waals surface area contributed by atoms with Crippen LogP contribution < -0.4 is 4.90 Å². The minimum absolute atomic E-state index is 0.204. The van der Waals surface area contributed by atoms with E-state index in [9.17, 15) is 5.11 Å². The van der Waals surface area contributed by atoms with Crippen LogP contribution in [0.1, 0.15) is 46.3 Å². The molecule has 4 nitrogen and oxygen atoms in total. The number of hydrogen-bond donors (Lipinski definition) is 1. The normalized spacial score (nSPS) is 23.2. The van der Waals surface area contributed by atoms with Gasteiger partial charge in [0, 0.05) is 19.3 Å². The van der Waals surface area contributed by atoms with E-state index in [2.05, 4.69) is 37.6 Å². The fraction of sp³-hybridized carbons (Fsp3) is 0.667. The van der Waals surface area contributed by atoms with Gasteiger partial charge in [0.15, 0.2) is 0 Å². The molecule has 1 atom stereocenters. The molecule has 0 bridgehead atoms. The maximum absolute atomic E-state index is 9.68. The van der Waals surface area contributed by atoms with E-state index in [0.29, 0.717) is 0 Å². The van der Waals surface area contributed by atoms with E-state index in [1.807, 2.05) is 12.1 Å². The van der Waals surface area contributed by atoms with Crippen LogP contribution in [-0.4, -0.2) is 34.4 Å². The van der Waals surface area contributed by atoms with E-state index >= 15 is 0 Å².